The maximum absolute atomic E-state index is 8.85. The summed E-state index contributed by atoms with van der Waals surface area (Å²) in [5.74, 6) is 0. The maximum atomic E-state index is 8.85. The average molecular weight is 229 g/mol. The minimum atomic E-state index is 0.221. The van der Waals surface area contributed by atoms with E-state index >= 15 is 0 Å². The first-order chi connectivity index (χ1) is 8.01. The minimum Gasteiger partial charge on any atom is -0.332 e. The Balaban J connectivity index is 3.13. The first-order valence-electron chi connectivity index (χ1n) is 5.59. The van der Waals surface area contributed by atoms with Crippen LogP contribution in [-0.4, -0.2) is 25.2 Å². The van der Waals surface area contributed by atoms with E-state index in [0.29, 0.717) is 5.56 Å². The van der Waals surface area contributed by atoms with Gasteiger partial charge in [0.1, 0.15) is 0 Å². The molecule has 1 aromatic rings. The van der Waals surface area contributed by atoms with Gasteiger partial charge in [-0.05, 0) is 57.9 Å². The zero-order valence-electron chi connectivity index (χ0n) is 10.9. The van der Waals surface area contributed by atoms with Gasteiger partial charge in [0, 0.05) is 5.69 Å². The van der Waals surface area contributed by atoms with Crippen LogP contribution < -0.4 is 4.90 Å². The van der Waals surface area contributed by atoms with E-state index in [1.165, 1.54) is 0 Å². The molecule has 0 heterocycles. The first kappa shape index (κ1) is 13.3. The monoisotopic (exact) mass is 229 g/mol. The molecule has 1 unspecified atom stereocenters. The van der Waals surface area contributed by atoms with Gasteiger partial charge in [0.15, 0.2) is 0 Å². The first-order valence-corrected chi connectivity index (χ1v) is 5.59. The standard InChI is InChI=1S/C14H19N3/c1-6-17(12(3)16(4)5)14-8-7-13(10-15)9-11(14)2/h6-9,12H,1H2,2-5H3. The van der Waals surface area contributed by atoms with Crippen molar-refractivity contribution in [3.63, 3.8) is 0 Å². The summed E-state index contributed by atoms with van der Waals surface area (Å²) in [7, 11) is 4.06. The lowest BCUT2D eigenvalue weighted by Crippen LogP contribution is -2.39. The average Bonchev–Trinajstić information content (AvgIpc) is 2.31. The second kappa shape index (κ2) is 5.51. The largest absolute Gasteiger partial charge is 0.332 e. The van der Waals surface area contributed by atoms with Gasteiger partial charge in [0.2, 0.25) is 0 Å². The van der Waals surface area contributed by atoms with E-state index in [4.69, 9.17) is 5.26 Å². The van der Waals surface area contributed by atoms with E-state index in [0.717, 1.165) is 11.3 Å². The quantitative estimate of drug-likeness (QED) is 0.744. The Bertz CT molecular complexity index is 443. The highest BCUT2D eigenvalue weighted by atomic mass is 15.3. The molecule has 1 rings (SSSR count). The summed E-state index contributed by atoms with van der Waals surface area (Å²) in [4.78, 5) is 4.20. The van der Waals surface area contributed by atoms with Gasteiger partial charge in [-0.3, -0.25) is 4.90 Å². The molecule has 17 heavy (non-hydrogen) atoms. The molecule has 0 aliphatic carbocycles. The van der Waals surface area contributed by atoms with Gasteiger partial charge in [-0.25, -0.2) is 0 Å². The van der Waals surface area contributed by atoms with Gasteiger partial charge in [0.05, 0.1) is 17.8 Å². The molecule has 0 aliphatic heterocycles. The Morgan fingerprint density at radius 3 is 2.47 bits per heavy atom. The van der Waals surface area contributed by atoms with Crippen LogP contribution in [0.1, 0.15) is 18.1 Å². The second-order valence-electron chi connectivity index (χ2n) is 4.30. The number of nitrogens with zero attached hydrogens (tertiary/aromatic N) is 3. The van der Waals surface area contributed by atoms with Crippen molar-refractivity contribution in [2.45, 2.75) is 20.0 Å². The van der Waals surface area contributed by atoms with Gasteiger partial charge >= 0.3 is 0 Å². The normalized spacial score (nSPS) is 12.0. The molecule has 0 bridgehead atoms. The van der Waals surface area contributed by atoms with Crippen molar-refractivity contribution < 1.29 is 0 Å². The molecule has 0 aliphatic rings. The summed E-state index contributed by atoms with van der Waals surface area (Å²) >= 11 is 0. The van der Waals surface area contributed by atoms with Gasteiger partial charge < -0.3 is 4.90 Å². The zero-order valence-corrected chi connectivity index (χ0v) is 10.9. The van der Waals surface area contributed by atoms with Crippen LogP contribution >= 0.6 is 0 Å². The second-order valence-corrected chi connectivity index (χ2v) is 4.30. The lowest BCUT2D eigenvalue weighted by atomic mass is 10.1. The molecule has 1 atom stereocenters. The molecule has 90 valence electrons. The van der Waals surface area contributed by atoms with E-state index in [1.54, 1.807) is 0 Å². The molecule has 3 heteroatoms. The molecule has 0 radical (unpaired) electrons. The highest BCUT2D eigenvalue weighted by Gasteiger charge is 2.15. The minimum absolute atomic E-state index is 0.221. The molecule has 0 N–H and O–H groups in total. The van der Waals surface area contributed by atoms with Crippen molar-refractivity contribution in [3.05, 3.63) is 42.1 Å². The number of hydrogen-bond donors (Lipinski definition) is 0. The van der Waals surface area contributed by atoms with Crippen LogP contribution in [0.2, 0.25) is 0 Å². The van der Waals surface area contributed by atoms with E-state index in [-0.39, 0.29) is 6.17 Å². The predicted molar refractivity (Wildman–Crippen MR) is 71.7 cm³/mol. The zero-order chi connectivity index (χ0) is 13.0. The highest BCUT2D eigenvalue weighted by Crippen LogP contribution is 2.23. The van der Waals surface area contributed by atoms with Crippen LogP contribution in [0.25, 0.3) is 0 Å². The van der Waals surface area contributed by atoms with Crippen LogP contribution in [0.5, 0.6) is 0 Å². The highest BCUT2D eigenvalue weighted by molar-refractivity contribution is 5.58. The maximum Gasteiger partial charge on any atom is 0.0991 e. The number of aryl methyl sites for hydroxylation is 1. The molecule has 0 saturated carbocycles. The van der Waals surface area contributed by atoms with Crippen molar-refractivity contribution in [1.29, 1.82) is 5.26 Å². The van der Waals surface area contributed by atoms with Gasteiger partial charge in [-0.2, -0.15) is 5.26 Å². The lowest BCUT2D eigenvalue weighted by molar-refractivity contribution is 0.317. The van der Waals surface area contributed by atoms with Crippen molar-refractivity contribution >= 4 is 5.69 Å². The van der Waals surface area contributed by atoms with Crippen LogP contribution in [0.15, 0.2) is 31.0 Å². The third-order valence-electron chi connectivity index (χ3n) is 2.95. The van der Waals surface area contributed by atoms with E-state index in [9.17, 15) is 0 Å². The molecule has 0 saturated heterocycles. The SMILES string of the molecule is C=CN(c1ccc(C#N)cc1C)C(C)N(C)C. The van der Waals surface area contributed by atoms with E-state index in [1.807, 2.05) is 45.4 Å². The smallest absolute Gasteiger partial charge is 0.0991 e. The summed E-state index contributed by atoms with van der Waals surface area (Å²) in [5, 5.41) is 8.85. The summed E-state index contributed by atoms with van der Waals surface area (Å²) in [6.07, 6.45) is 2.04. The third-order valence-corrected chi connectivity index (χ3v) is 2.95. The molecule has 0 spiro atoms. The number of hydrogen-bond acceptors (Lipinski definition) is 3. The fourth-order valence-corrected chi connectivity index (χ4v) is 1.72. The Kier molecular flexibility index (Phi) is 4.30. The number of nitriles is 1. The molecule has 0 fully saturated rings. The van der Waals surface area contributed by atoms with Crippen LogP contribution in [-0.2, 0) is 0 Å². The van der Waals surface area contributed by atoms with Crippen LogP contribution in [0.3, 0.4) is 0 Å². The summed E-state index contributed by atoms with van der Waals surface area (Å²) < 4.78 is 0. The van der Waals surface area contributed by atoms with Crippen molar-refractivity contribution in [3.8, 4) is 6.07 Å². The fraction of sp³-hybridized carbons (Fsp3) is 0.357. The molecule has 0 amide bonds. The van der Waals surface area contributed by atoms with Gasteiger partial charge in [-0.15, -0.1) is 0 Å². The Morgan fingerprint density at radius 1 is 1.41 bits per heavy atom. The molecule has 1 aromatic carbocycles. The van der Waals surface area contributed by atoms with Gasteiger partial charge in [-0.1, -0.05) is 6.58 Å². The van der Waals surface area contributed by atoms with Crippen molar-refractivity contribution in [1.82, 2.24) is 4.90 Å². The van der Waals surface area contributed by atoms with E-state index < -0.39 is 0 Å². The summed E-state index contributed by atoms with van der Waals surface area (Å²) in [6, 6.07) is 7.85. The Hall–Kier alpha value is -1.79. The fourth-order valence-electron chi connectivity index (χ4n) is 1.72. The van der Waals surface area contributed by atoms with Crippen LogP contribution in [0, 0.1) is 18.3 Å². The van der Waals surface area contributed by atoms with Crippen molar-refractivity contribution in [2.24, 2.45) is 0 Å². The Morgan fingerprint density at radius 2 is 2.06 bits per heavy atom. The van der Waals surface area contributed by atoms with Gasteiger partial charge in [0.25, 0.3) is 0 Å². The number of rotatable bonds is 4. The Labute approximate surface area is 104 Å². The van der Waals surface area contributed by atoms with Crippen LogP contribution in [0.4, 0.5) is 5.69 Å². The number of benzene rings is 1. The topological polar surface area (TPSA) is 30.3 Å². The molecule has 0 aromatic heterocycles. The lowest BCUT2D eigenvalue weighted by Gasteiger charge is -2.33. The summed E-state index contributed by atoms with van der Waals surface area (Å²) in [6.45, 7) is 7.98. The molecular formula is C14H19N3. The third kappa shape index (κ3) is 2.86. The molecular weight excluding hydrogens is 210 g/mol. The molecule has 3 nitrogen and oxygen atoms in total. The van der Waals surface area contributed by atoms with E-state index in [2.05, 4.69) is 29.4 Å². The predicted octanol–water partition coefficient (Wildman–Crippen LogP) is 2.72. The summed E-state index contributed by atoms with van der Waals surface area (Å²) in [5.41, 5.74) is 2.85. The number of anilines is 1. The van der Waals surface area contributed by atoms with Crippen molar-refractivity contribution in [2.75, 3.05) is 19.0 Å².